The van der Waals surface area contributed by atoms with Crippen LogP contribution in [0, 0.1) is 5.92 Å². The summed E-state index contributed by atoms with van der Waals surface area (Å²) in [6.45, 7) is 4.09. The van der Waals surface area contributed by atoms with Crippen molar-refractivity contribution in [3.8, 4) is 0 Å². The SMILES string of the molecule is CC1CC(CN)(N(C)Cc2ccccc2)C1. The molecule has 2 N–H and O–H groups in total. The molecule has 0 radical (unpaired) electrons. The maximum atomic E-state index is 5.94. The number of likely N-dealkylation sites (N-methyl/N-ethyl adjacent to an activating group) is 1. The van der Waals surface area contributed by atoms with Crippen molar-refractivity contribution >= 4 is 0 Å². The lowest BCUT2D eigenvalue weighted by atomic mass is 9.68. The summed E-state index contributed by atoms with van der Waals surface area (Å²) in [4.78, 5) is 2.43. The van der Waals surface area contributed by atoms with E-state index in [4.69, 9.17) is 5.73 Å². The Balaban J connectivity index is 2.00. The number of rotatable bonds is 4. The summed E-state index contributed by atoms with van der Waals surface area (Å²) in [7, 11) is 2.20. The van der Waals surface area contributed by atoms with Crippen LogP contribution >= 0.6 is 0 Å². The number of nitrogens with two attached hydrogens (primary N) is 1. The van der Waals surface area contributed by atoms with Crippen LogP contribution in [0.15, 0.2) is 30.3 Å². The monoisotopic (exact) mass is 218 g/mol. The predicted octanol–water partition coefficient (Wildman–Crippen LogP) is 2.25. The van der Waals surface area contributed by atoms with Crippen LogP contribution in [0.3, 0.4) is 0 Å². The maximum Gasteiger partial charge on any atom is 0.0337 e. The smallest absolute Gasteiger partial charge is 0.0337 e. The molecule has 1 aromatic carbocycles. The summed E-state index contributed by atoms with van der Waals surface area (Å²) in [5.41, 5.74) is 7.58. The quantitative estimate of drug-likeness (QED) is 0.840. The van der Waals surface area contributed by atoms with E-state index in [0.29, 0.717) is 0 Å². The Kier molecular flexibility index (Phi) is 3.31. The van der Waals surface area contributed by atoms with Crippen LogP contribution in [0.1, 0.15) is 25.3 Å². The summed E-state index contributed by atoms with van der Waals surface area (Å²) < 4.78 is 0. The minimum Gasteiger partial charge on any atom is -0.329 e. The second-order valence-electron chi connectivity index (χ2n) is 5.28. The topological polar surface area (TPSA) is 29.3 Å². The number of benzene rings is 1. The van der Waals surface area contributed by atoms with Gasteiger partial charge in [-0.25, -0.2) is 0 Å². The molecule has 0 atom stereocenters. The van der Waals surface area contributed by atoms with Crippen molar-refractivity contribution < 1.29 is 0 Å². The Labute approximate surface area is 98.4 Å². The Morgan fingerprint density at radius 3 is 2.44 bits per heavy atom. The molecular formula is C14H22N2. The molecule has 1 aliphatic rings. The first-order chi connectivity index (χ1) is 7.66. The van der Waals surface area contributed by atoms with E-state index < -0.39 is 0 Å². The normalized spacial score (nSPS) is 29.1. The third-order valence-corrected chi connectivity index (χ3v) is 3.91. The molecule has 0 heterocycles. The zero-order valence-corrected chi connectivity index (χ0v) is 10.3. The number of hydrogen-bond acceptors (Lipinski definition) is 2. The van der Waals surface area contributed by atoms with Gasteiger partial charge in [0.25, 0.3) is 0 Å². The number of hydrogen-bond donors (Lipinski definition) is 1. The summed E-state index contributed by atoms with van der Waals surface area (Å²) >= 11 is 0. The van der Waals surface area contributed by atoms with E-state index in [1.807, 2.05) is 0 Å². The highest BCUT2D eigenvalue weighted by atomic mass is 15.2. The highest BCUT2D eigenvalue weighted by Crippen LogP contribution is 2.41. The fourth-order valence-electron chi connectivity index (χ4n) is 2.90. The summed E-state index contributed by atoms with van der Waals surface area (Å²) in [5.74, 6) is 0.835. The molecule has 0 spiro atoms. The first-order valence-electron chi connectivity index (χ1n) is 6.11. The fraction of sp³-hybridized carbons (Fsp3) is 0.571. The van der Waals surface area contributed by atoms with Gasteiger partial charge >= 0.3 is 0 Å². The van der Waals surface area contributed by atoms with Crippen molar-refractivity contribution in [2.45, 2.75) is 31.8 Å². The molecule has 0 saturated heterocycles. The average molecular weight is 218 g/mol. The first-order valence-corrected chi connectivity index (χ1v) is 6.11. The van der Waals surface area contributed by atoms with Gasteiger partial charge in [-0.05, 0) is 31.4 Å². The van der Waals surface area contributed by atoms with E-state index >= 15 is 0 Å². The van der Waals surface area contributed by atoms with E-state index in [2.05, 4.69) is 49.2 Å². The van der Waals surface area contributed by atoms with Crippen LogP contribution in [0.5, 0.6) is 0 Å². The highest BCUT2D eigenvalue weighted by Gasteiger charge is 2.43. The molecule has 0 bridgehead atoms. The zero-order chi connectivity index (χ0) is 11.6. The second-order valence-corrected chi connectivity index (χ2v) is 5.28. The number of nitrogens with zero attached hydrogens (tertiary/aromatic N) is 1. The minimum atomic E-state index is 0.259. The van der Waals surface area contributed by atoms with E-state index in [1.54, 1.807) is 0 Å². The molecule has 88 valence electrons. The molecule has 1 aliphatic carbocycles. The molecular weight excluding hydrogens is 196 g/mol. The molecule has 2 rings (SSSR count). The Bertz CT molecular complexity index is 328. The molecule has 2 nitrogen and oxygen atoms in total. The van der Waals surface area contributed by atoms with Gasteiger partial charge in [0.05, 0.1) is 0 Å². The van der Waals surface area contributed by atoms with E-state index in [-0.39, 0.29) is 5.54 Å². The van der Waals surface area contributed by atoms with Gasteiger partial charge < -0.3 is 5.73 Å². The summed E-state index contributed by atoms with van der Waals surface area (Å²) in [6.07, 6.45) is 2.49. The predicted molar refractivity (Wildman–Crippen MR) is 68.1 cm³/mol. The highest BCUT2D eigenvalue weighted by molar-refractivity contribution is 5.15. The van der Waals surface area contributed by atoms with Gasteiger partial charge in [-0.3, -0.25) is 4.90 Å². The molecule has 0 amide bonds. The average Bonchev–Trinajstić information content (AvgIpc) is 2.25. The molecule has 1 saturated carbocycles. The first kappa shape index (κ1) is 11.6. The van der Waals surface area contributed by atoms with Crippen LogP contribution in [-0.4, -0.2) is 24.0 Å². The van der Waals surface area contributed by atoms with E-state index in [9.17, 15) is 0 Å². The fourth-order valence-corrected chi connectivity index (χ4v) is 2.90. The third-order valence-electron chi connectivity index (χ3n) is 3.91. The van der Waals surface area contributed by atoms with Crippen LogP contribution in [0.2, 0.25) is 0 Å². The second kappa shape index (κ2) is 4.56. The molecule has 0 unspecified atom stereocenters. The van der Waals surface area contributed by atoms with Gasteiger partial charge in [0.15, 0.2) is 0 Å². The van der Waals surface area contributed by atoms with Gasteiger partial charge in [0.1, 0.15) is 0 Å². The van der Waals surface area contributed by atoms with Crippen molar-refractivity contribution in [2.75, 3.05) is 13.6 Å². The molecule has 16 heavy (non-hydrogen) atoms. The Morgan fingerprint density at radius 1 is 1.31 bits per heavy atom. The molecule has 1 fully saturated rings. The molecule has 0 aromatic heterocycles. The van der Waals surface area contributed by atoms with Gasteiger partial charge in [-0.1, -0.05) is 37.3 Å². The summed E-state index contributed by atoms with van der Waals surface area (Å²) in [5, 5.41) is 0. The molecule has 2 heteroatoms. The van der Waals surface area contributed by atoms with E-state index in [1.165, 1.54) is 18.4 Å². The Hall–Kier alpha value is -0.860. The lowest BCUT2D eigenvalue weighted by Gasteiger charge is -2.52. The van der Waals surface area contributed by atoms with Crippen LogP contribution < -0.4 is 5.73 Å². The maximum absolute atomic E-state index is 5.94. The molecule has 0 aliphatic heterocycles. The van der Waals surface area contributed by atoms with Gasteiger partial charge in [-0.15, -0.1) is 0 Å². The lowest BCUT2D eigenvalue weighted by Crippen LogP contribution is -2.59. The third kappa shape index (κ3) is 2.13. The van der Waals surface area contributed by atoms with Crippen molar-refractivity contribution in [1.82, 2.24) is 4.90 Å². The minimum absolute atomic E-state index is 0.259. The Morgan fingerprint density at radius 2 is 1.94 bits per heavy atom. The largest absolute Gasteiger partial charge is 0.329 e. The lowest BCUT2D eigenvalue weighted by molar-refractivity contribution is 0.000282. The van der Waals surface area contributed by atoms with Crippen molar-refractivity contribution in [3.63, 3.8) is 0 Å². The van der Waals surface area contributed by atoms with Gasteiger partial charge in [0, 0.05) is 18.6 Å². The molecule has 1 aromatic rings. The van der Waals surface area contributed by atoms with Crippen molar-refractivity contribution in [3.05, 3.63) is 35.9 Å². The summed E-state index contributed by atoms with van der Waals surface area (Å²) in [6, 6.07) is 10.6. The van der Waals surface area contributed by atoms with Gasteiger partial charge in [-0.2, -0.15) is 0 Å². The standard InChI is InChI=1S/C14H22N2/c1-12-8-14(9-12,11-15)16(2)10-13-6-4-3-5-7-13/h3-7,12H,8-11,15H2,1-2H3. The van der Waals surface area contributed by atoms with E-state index in [0.717, 1.165) is 19.0 Å². The van der Waals surface area contributed by atoms with Crippen molar-refractivity contribution in [1.29, 1.82) is 0 Å². The van der Waals surface area contributed by atoms with Gasteiger partial charge in [0.2, 0.25) is 0 Å². The van der Waals surface area contributed by atoms with Crippen LogP contribution in [0.4, 0.5) is 0 Å². The van der Waals surface area contributed by atoms with Crippen LogP contribution in [-0.2, 0) is 6.54 Å². The zero-order valence-electron chi connectivity index (χ0n) is 10.3. The van der Waals surface area contributed by atoms with Crippen molar-refractivity contribution in [2.24, 2.45) is 11.7 Å². The van der Waals surface area contributed by atoms with Crippen LogP contribution in [0.25, 0.3) is 0 Å².